The molecule has 0 amide bonds. The zero-order valence-electron chi connectivity index (χ0n) is 26.9. The third-order valence-electron chi connectivity index (χ3n) is 10.9. The maximum absolute atomic E-state index is 2.50. The van der Waals surface area contributed by atoms with Crippen molar-refractivity contribution >= 4 is 55.0 Å². The summed E-state index contributed by atoms with van der Waals surface area (Å²) in [6.07, 6.45) is 31.8. The highest BCUT2D eigenvalue weighted by Gasteiger charge is 2.26. The number of para-hydroxylation sites is 2. The minimum atomic E-state index is 0.335. The molecule has 2 heterocycles. The summed E-state index contributed by atoms with van der Waals surface area (Å²) in [5.74, 6) is 0.731. The van der Waals surface area contributed by atoms with Crippen molar-refractivity contribution in [2.24, 2.45) is 11.8 Å². The van der Waals surface area contributed by atoms with Gasteiger partial charge in [0.05, 0.1) is 22.1 Å². The van der Waals surface area contributed by atoms with Gasteiger partial charge in [0, 0.05) is 44.8 Å². The molecule has 4 aromatic carbocycles. The van der Waals surface area contributed by atoms with Crippen LogP contribution in [0.4, 0.5) is 0 Å². The molecule has 4 aliphatic rings. The lowest BCUT2D eigenvalue weighted by Gasteiger charge is -2.28. The average molecular weight is 617 g/mol. The molecule has 0 saturated carbocycles. The Hall–Kier alpha value is -5.60. The molecule has 2 unspecified atom stereocenters. The van der Waals surface area contributed by atoms with Gasteiger partial charge in [0.25, 0.3) is 0 Å². The summed E-state index contributed by atoms with van der Waals surface area (Å²) in [5, 5.41) is 5.21. The largest absolute Gasteiger partial charge is 0.313 e. The number of hydrogen-bond donors (Lipinski definition) is 0. The average Bonchev–Trinajstić information content (AvgIpc) is 3.67. The Labute approximate surface area is 281 Å². The van der Waals surface area contributed by atoms with Crippen LogP contribution in [0.2, 0.25) is 0 Å². The number of benzene rings is 4. The Balaban J connectivity index is 1.10. The zero-order valence-corrected chi connectivity index (χ0v) is 26.9. The van der Waals surface area contributed by atoms with Gasteiger partial charge in [0.2, 0.25) is 0 Å². The van der Waals surface area contributed by atoms with Gasteiger partial charge in [-0.3, -0.25) is 0 Å². The van der Waals surface area contributed by atoms with E-state index in [9.17, 15) is 0 Å². The van der Waals surface area contributed by atoms with Crippen LogP contribution < -0.4 is 0 Å². The Kier molecular flexibility index (Phi) is 6.30. The van der Waals surface area contributed by atoms with Crippen LogP contribution in [-0.2, 0) is 0 Å². The molecule has 10 rings (SSSR count). The van der Waals surface area contributed by atoms with Crippen LogP contribution in [0.25, 0.3) is 66.1 Å². The van der Waals surface area contributed by atoms with Crippen molar-refractivity contribution in [3.8, 4) is 11.1 Å². The van der Waals surface area contributed by atoms with E-state index < -0.39 is 0 Å². The van der Waals surface area contributed by atoms with Crippen LogP contribution >= 0.6 is 0 Å². The minimum absolute atomic E-state index is 0.335. The fraction of sp³-hybridized carbons (Fsp3) is 0.130. The highest BCUT2D eigenvalue weighted by Crippen LogP contribution is 2.42. The molecule has 0 fully saturated rings. The SMILES string of the molecule is C1=CCCC(C2=CC=C(n3c4ccccc4c4cc(-c5ccc6c(c5)c5ccccc5n6C5=CC=CC6C=CC=CC56)ccc43)CC2)=C1. The van der Waals surface area contributed by atoms with Crippen molar-refractivity contribution < 1.29 is 0 Å². The maximum Gasteiger partial charge on any atom is 0.0538 e. The molecule has 2 aromatic heterocycles. The van der Waals surface area contributed by atoms with Gasteiger partial charge in [-0.1, -0.05) is 109 Å². The lowest BCUT2D eigenvalue weighted by molar-refractivity contribution is 0.655. The Morgan fingerprint density at radius 2 is 1.12 bits per heavy atom. The van der Waals surface area contributed by atoms with E-state index in [0.29, 0.717) is 11.8 Å². The molecule has 0 spiro atoms. The summed E-state index contributed by atoms with van der Waals surface area (Å²) >= 11 is 0. The van der Waals surface area contributed by atoms with Crippen molar-refractivity contribution in [1.82, 2.24) is 9.13 Å². The van der Waals surface area contributed by atoms with Gasteiger partial charge in [-0.05, 0) is 96.5 Å². The van der Waals surface area contributed by atoms with E-state index in [1.807, 2.05) is 0 Å². The molecule has 0 radical (unpaired) electrons. The number of hydrogen-bond acceptors (Lipinski definition) is 0. The summed E-state index contributed by atoms with van der Waals surface area (Å²) in [6.45, 7) is 0. The third kappa shape index (κ3) is 4.26. The van der Waals surface area contributed by atoms with Crippen LogP contribution in [0.1, 0.15) is 25.7 Å². The molecule has 0 bridgehead atoms. The van der Waals surface area contributed by atoms with Gasteiger partial charge in [-0.25, -0.2) is 0 Å². The lowest BCUT2D eigenvalue weighted by Crippen LogP contribution is -2.18. The summed E-state index contributed by atoms with van der Waals surface area (Å²) in [6, 6.07) is 31.9. The Bertz CT molecular complexity index is 2560. The summed E-state index contributed by atoms with van der Waals surface area (Å²) in [4.78, 5) is 0. The van der Waals surface area contributed by atoms with Crippen LogP contribution in [0.5, 0.6) is 0 Å². The van der Waals surface area contributed by atoms with E-state index in [1.165, 1.54) is 77.3 Å². The Morgan fingerprint density at radius 3 is 1.83 bits per heavy atom. The predicted molar refractivity (Wildman–Crippen MR) is 205 cm³/mol. The monoisotopic (exact) mass is 616 g/mol. The first-order chi connectivity index (χ1) is 23.8. The molecular formula is C46H36N2. The van der Waals surface area contributed by atoms with E-state index >= 15 is 0 Å². The molecule has 6 aromatic rings. The van der Waals surface area contributed by atoms with Gasteiger partial charge in [0.1, 0.15) is 0 Å². The van der Waals surface area contributed by atoms with E-state index in [0.717, 1.165) is 25.7 Å². The lowest BCUT2D eigenvalue weighted by atomic mass is 9.82. The molecule has 2 heteroatoms. The fourth-order valence-electron chi connectivity index (χ4n) is 8.56. The number of rotatable bonds is 4. The van der Waals surface area contributed by atoms with Crippen LogP contribution in [0, 0.1) is 11.8 Å². The van der Waals surface area contributed by atoms with E-state index in [2.05, 4.69) is 167 Å². The van der Waals surface area contributed by atoms with Crippen molar-refractivity contribution in [3.63, 3.8) is 0 Å². The summed E-state index contributed by atoms with van der Waals surface area (Å²) in [5.41, 5.74) is 13.3. The zero-order chi connectivity index (χ0) is 31.6. The normalized spacial score (nSPS) is 20.3. The van der Waals surface area contributed by atoms with E-state index in [1.54, 1.807) is 0 Å². The second-order valence-corrected chi connectivity index (χ2v) is 13.5. The first kappa shape index (κ1) is 27.5. The molecule has 0 N–H and O–H groups in total. The third-order valence-corrected chi connectivity index (χ3v) is 10.9. The standard InChI is InChI=1S/C46H36N2/c1-2-11-31(12-3-1)32-21-25-36(26-22-32)47-43-18-8-6-16-38(43)40-29-34(23-27-45(40)47)35-24-28-46-41(30-35)39-17-7-9-19-44(39)48(46)42-20-10-14-33-13-4-5-15-37(33)42/h1-2,4-11,13-21,23-25,27-30,33,37H,3,12,22,26H2. The van der Waals surface area contributed by atoms with Crippen LogP contribution in [-0.4, -0.2) is 9.13 Å². The van der Waals surface area contributed by atoms with Crippen molar-refractivity contribution in [2.45, 2.75) is 25.7 Å². The van der Waals surface area contributed by atoms with E-state index in [4.69, 9.17) is 0 Å². The number of nitrogens with zero attached hydrogens (tertiary/aromatic N) is 2. The second-order valence-electron chi connectivity index (χ2n) is 13.5. The first-order valence-electron chi connectivity index (χ1n) is 17.4. The number of allylic oxidation sites excluding steroid dienone is 16. The van der Waals surface area contributed by atoms with Crippen molar-refractivity contribution in [1.29, 1.82) is 0 Å². The topological polar surface area (TPSA) is 9.86 Å². The second kappa shape index (κ2) is 11.0. The van der Waals surface area contributed by atoms with Gasteiger partial charge in [0.15, 0.2) is 0 Å². The smallest absolute Gasteiger partial charge is 0.0538 e. The molecule has 2 nitrogen and oxygen atoms in total. The number of fused-ring (bicyclic) bond motifs is 7. The van der Waals surface area contributed by atoms with Crippen LogP contribution in [0.15, 0.2) is 169 Å². The van der Waals surface area contributed by atoms with Gasteiger partial charge < -0.3 is 9.13 Å². The molecule has 230 valence electrons. The van der Waals surface area contributed by atoms with Crippen LogP contribution in [0.3, 0.4) is 0 Å². The predicted octanol–water partition coefficient (Wildman–Crippen LogP) is 12.2. The minimum Gasteiger partial charge on any atom is -0.313 e. The van der Waals surface area contributed by atoms with Crippen molar-refractivity contribution in [2.75, 3.05) is 0 Å². The van der Waals surface area contributed by atoms with Crippen molar-refractivity contribution in [3.05, 3.63) is 169 Å². The molecule has 2 atom stereocenters. The van der Waals surface area contributed by atoms with Gasteiger partial charge in [-0.15, -0.1) is 0 Å². The molecule has 0 aliphatic heterocycles. The quantitative estimate of drug-likeness (QED) is 0.186. The number of aromatic nitrogens is 2. The highest BCUT2D eigenvalue weighted by atomic mass is 15.0. The maximum atomic E-state index is 2.50. The van der Waals surface area contributed by atoms with E-state index in [-0.39, 0.29) is 0 Å². The Morgan fingerprint density at radius 1 is 0.479 bits per heavy atom. The molecular weight excluding hydrogens is 581 g/mol. The first-order valence-corrected chi connectivity index (χ1v) is 17.4. The molecule has 0 saturated heterocycles. The molecule has 48 heavy (non-hydrogen) atoms. The summed E-state index contributed by atoms with van der Waals surface area (Å²) in [7, 11) is 0. The summed E-state index contributed by atoms with van der Waals surface area (Å²) < 4.78 is 5.00. The molecule has 4 aliphatic carbocycles. The van der Waals surface area contributed by atoms with Gasteiger partial charge in [-0.2, -0.15) is 0 Å². The fourth-order valence-corrected chi connectivity index (χ4v) is 8.56. The highest BCUT2D eigenvalue weighted by molar-refractivity contribution is 6.13. The van der Waals surface area contributed by atoms with Gasteiger partial charge >= 0.3 is 0 Å².